The zero-order chi connectivity index (χ0) is 13.7. The van der Waals surface area contributed by atoms with Crippen molar-refractivity contribution in [2.45, 2.75) is 26.8 Å². The molecule has 8 nitrogen and oxygen atoms in total. The van der Waals surface area contributed by atoms with Crippen LogP contribution in [0.15, 0.2) is 4.52 Å². The molecule has 2 aromatic heterocycles. The SMILES string of the molecule is CCCOc1nc(Cl)nc(NCc2nc(C)no2)n1. The van der Waals surface area contributed by atoms with E-state index in [-0.39, 0.29) is 11.3 Å². The van der Waals surface area contributed by atoms with Crippen LogP contribution in [0.4, 0.5) is 5.95 Å². The summed E-state index contributed by atoms with van der Waals surface area (Å²) < 4.78 is 10.2. The van der Waals surface area contributed by atoms with Gasteiger partial charge in [0.05, 0.1) is 13.2 Å². The Hall–Kier alpha value is -1.96. The largest absolute Gasteiger partial charge is 0.463 e. The lowest BCUT2D eigenvalue weighted by Crippen LogP contribution is -2.07. The van der Waals surface area contributed by atoms with Gasteiger partial charge in [0, 0.05) is 0 Å². The Morgan fingerprint density at radius 3 is 2.79 bits per heavy atom. The summed E-state index contributed by atoms with van der Waals surface area (Å²) in [6.45, 7) is 4.54. The molecule has 2 heterocycles. The molecule has 0 radical (unpaired) electrons. The molecule has 0 spiro atoms. The highest BCUT2D eigenvalue weighted by molar-refractivity contribution is 6.28. The molecule has 0 aliphatic heterocycles. The minimum Gasteiger partial charge on any atom is -0.463 e. The Labute approximate surface area is 114 Å². The van der Waals surface area contributed by atoms with E-state index >= 15 is 0 Å². The predicted molar refractivity (Wildman–Crippen MR) is 67.0 cm³/mol. The Kier molecular flexibility index (Phi) is 4.45. The number of nitrogens with zero attached hydrogens (tertiary/aromatic N) is 5. The van der Waals surface area contributed by atoms with Crippen LogP contribution >= 0.6 is 11.6 Å². The van der Waals surface area contributed by atoms with Crippen LogP contribution in [0.1, 0.15) is 25.1 Å². The number of ether oxygens (including phenoxy) is 1. The van der Waals surface area contributed by atoms with E-state index in [1.165, 1.54) is 0 Å². The van der Waals surface area contributed by atoms with Crippen LogP contribution in [0.2, 0.25) is 5.28 Å². The van der Waals surface area contributed by atoms with Gasteiger partial charge in [-0.05, 0) is 24.9 Å². The third kappa shape index (κ3) is 4.02. The smallest absolute Gasteiger partial charge is 0.322 e. The first-order chi connectivity index (χ1) is 9.17. The first kappa shape index (κ1) is 13.5. The lowest BCUT2D eigenvalue weighted by Gasteiger charge is -2.05. The highest BCUT2D eigenvalue weighted by Crippen LogP contribution is 2.12. The molecule has 0 aromatic carbocycles. The minimum atomic E-state index is 0.0605. The van der Waals surface area contributed by atoms with Crippen LogP contribution in [0.5, 0.6) is 6.01 Å². The van der Waals surface area contributed by atoms with E-state index in [1.54, 1.807) is 6.92 Å². The number of aromatic nitrogens is 5. The minimum absolute atomic E-state index is 0.0605. The number of halogens is 1. The molecule has 2 rings (SSSR count). The molecule has 0 fully saturated rings. The fraction of sp³-hybridized carbons (Fsp3) is 0.500. The highest BCUT2D eigenvalue weighted by Gasteiger charge is 2.08. The van der Waals surface area contributed by atoms with Gasteiger partial charge in [0.1, 0.15) is 0 Å². The van der Waals surface area contributed by atoms with E-state index in [0.29, 0.717) is 30.8 Å². The fourth-order valence-electron chi connectivity index (χ4n) is 1.24. The van der Waals surface area contributed by atoms with Crippen LogP contribution in [0, 0.1) is 6.92 Å². The second-order valence-corrected chi connectivity index (χ2v) is 3.99. The normalized spacial score (nSPS) is 10.5. The second kappa shape index (κ2) is 6.28. The monoisotopic (exact) mass is 284 g/mol. The molecule has 0 unspecified atom stereocenters. The van der Waals surface area contributed by atoms with Gasteiger partial charge in [0.25, 0.3) is 0 Å². The predicted octanol–water partition coefficient (Wildman–Crippen LogP) is 1.62. The Morgan fingerprint density at radius 1 is 1.26 bits per heavy atom. The number of anilines is 1. The van der Waals surface area contributed by atoms with E-state index in [2.05, 4.69) is 30.4 Å². The van der Waals surface area contributed by atoms with Crippen molar-refractivity contribution < 1.29 is 9.26 Å². The van der Waals surface area contributed by atoms with Crippen LogP contribution in [-0.2, 0) is 6.54 Å². The lowest BCUT2D eigenvalue weighted by molar-refractivity contribution is 0.291. The number of rotatable bonds is 6. The topological polar surface area (TPSA) is 98.9 Å². The van der Waals surface area contributed by atoms with E-state index in [4.69, 9.17) is 20.9 Å². The molecule has 1 N–H and O–H groups in total. The molecule has 2 aromatic rings. The van der Waals surface area contributed by atoms with Gasteiger partial charge >= 0.3 is 6.01 Å². The van der Waals surface area contributed by atoms with Gasteiger partial charge in [-0.25, -0.2) is 0 Å². The van der Waals surface area contributed by atoms with Gasteiger partial charge in [-0.3, -0.25) is 0 Å². The maximum absolute atomic E-state index is 5.78. The summed E-state index contributed by atoms with van der Waals surface area (Å²) in [6.07, 6.45) is 0.854. The summed E-state index contributed by atoms with van der Waals surface area (Å²) in [7, 11) is 0. The molecular weight excluding hydrogens is 272 g/mol. The van der Waals surface area contributed by atoms with Crippen molar-refractivity contribution in [3.05, 3.63) is 17.0 Å². The molecule has 0 saturated carbocycles. The van der Waals surface area contributed by atoms with Crippen LogP contribution in [0.3, 0.4) is 0 Å². The van der Waals surface area contributed by atoms with Crippen molar-refractivity contribution >= 4 is 17.5 Å². The molecule has 0 atom stereocenters. The Balaban J connectivity index is 2.01. The maximum atomic E-state index is 5.78. The Morgan fingerprint density at radius 2 is 2.11 bits per heavy atom. The molecule has 9 heteroatoms. The van der Waals surface area contributed by atoms with Gasteiger partial charge in [-0.15, -0.1) is 0 Å². The maximum Gasteiger partial charge on any atom is 0.322 e. The standard InChI is InChI=1S/C10H13ClN6O2/c1-3-4-18-10-15-8(11)14-9(16-10)12-5-7-13-6(2)17-19-7/h3-5H2,1-2H3,(H,12,14,15,16). The average Bonchev–Trinajstić information content (AvgIpc) is 2.79. The van der Waals surface area contributed by atoms with Crippen molar-refractivity contribution in [1.29, 1.82) is 0 Å². The van der Waals surface area contributed by atoms with Crippen molar-refractivity contribution in [2.75, 3.05) is 11.9 Å². The quantitative estimate of drug-likeness (QED) is 0.854. The molecule has 19 heavy (non-hydrogen) atoms. The number of hydrogen-bond acceptors (Lipinski definition) is 8. The van der Waals surface area contributed by atoms with Crippen molar-refractivity contribution in [1.82, 2.24) is 25.1 Å². The molecule has 0 bridgehead atoms. The van der Waals surface area contributed by atoms with E-state index in [0.717, 1.165) is 6.42 Å². The number of hydrogen-bond donors (Lipinski definition) is 1. The van der Waals surface area contributed by atoms with Gasteiger partial charge in [0.15, 0.2) is 5.82 Å². The highest BCUT2D eigenvalue weighted by atomic mass is 35.5. The zero-order valence-corrected chi connectivity index (χ0v) is 11.3. The van der Waals surface area contributed by atoms with Crippen LogP contribution in [0.25, 0.3) is 0 Å². The van der Waals surface area contributed by atoms with Crippen molar-refractivity contribution in [3.63, 3.8) is 0 Å². The molecule has 102 valence electrons. The van der Waals surface area contributed by atoms with E-state index in [1.807, 2.05) is 6.92 Å². The van der Waals surface area contributed by atoms with E-state index < -0.39 is 0 Å². The third-order valence-electron chi connectivity index (χ3n) is 1.99. The molecule has 0 saturated heterocycles. The van der Waals surface area contributed by atoms with Gasteiger partial charge in [-0.1, -0.05) is 12.1 Å². The molecule has 0 aliphatic carbocycles. The molecule has 0 aliphatic rings. The zero-order valence-electron chi connectivity index (χ0n) is 10.6. The van der Waals surface area contributed by atoms with E-state index in [9.17, 15) is 0 Å². The number of nitrogens with one attached hydrogen (secondary N) is 1. The second-order valence-electron chi connectivity index (χ2n) is 3.65. The molecular formula is C10H13ClN6O2. The fourth-order valence-corrected chi connectivity index (χ4v) is 1.39. The van der Waals surface area contributed by atoms with Crippen LogP contribution < -0.4 is 10.1 Å². The van der Waals surface area contributed by atoms with Gasteiger partial charge in [-0.2, -0.15) is 19.9 Å². The summed E-state index contributed by atoms with van der Waals surface area (Å²) >= 11 is 5.78. The average molecular weight is 285 g/mol. The summed E-state index contributed by atoms with van der Waals surface area (Å²) in [6, 6.07) is 0.186. The first-order valence-corrected chi connectivity index (χ1v) is 6.12. The third-order valence-corrected chi connectivity index (χ3v) is 2.16. The van der Waals surface area contributed by atoms with Crippen molar-refractivity contribution in [2.24, 2.45) is 0 Å². The van der Waals surface area contributed by atoms with Crippen molar-refractivity contribution in [3.8, 4) is 6.01 Å². The lowest BCUT2D eigenvalue weighted by atomic mass is 10.5. The van der Waals surface area contributed by atoms with Crippen LogP contribution in [-0.4, -0.2) is 31.7 Å². The Bertz CT molecular complexity index is 547. The number of aryl methyl sites for hydroxylation is 1. The molecule has 0 amide bonds. The summed E-state index contributed by atoms with van der Waals surface area (Å²) in [5.74, 6) is 1.30. The van der Waals surface area contributed by atoms with Gasteiger partial charge < -0.3 is 14.6 Å². The summed E-state index contributed by atoms with van der Waals surface area (Å²) in [4.78, 5) is 15.9. The summed E-state index contributed by atoms with van der Waals surface area (Å²) in [5.41, 5.74) is 0. The summed E-state index contributed by atoms with van der Waals surface area (Å²) in [5, 5.41) is 6.64. The first-order valence-electron chi connectivity index (χ1n) is 5.75. The van der Waals surface area contributed by atoms with Gasteiger partial charge in [0.2, 0.25) is 17.1 Å².